The van der Waals surface area contributed by atoms with Crippen LogP contribution >= 0.6 is 23.1 Å². The topological polar surface area (TPSA) is 68.0 Å². The van der Waals surface area contributed by atoms with Crippen LogP contribution in [0, 0.1) is 13.8 Å². The fourth-order valence-electron chi connectivity index (χ4n) is 2.41. The summed E-state index contributed by atoms with van der Waals surface area (Å²) in [5.41, 5.74) is 3.18. The second-order valence-corrected chi connectivity index (χ2v) is 8.13. The summed E-state index contributed by atoms with van der Waals surface area (Å²) in [6.45, 7) is 6.43. The molecule has 3 aromatic rings. The van der Waals surface area contributed by atoms with Crippen LogP contribution in [-0.4, -0.2) is 21.4 Å². The molecule has 0 aliphatic rings. The Hall–Kier alpha value is -2.12. The maximum Gasteiger partial charge on any atom is 0.277 e. The van der Waals surface area contributed by atoms with Crippen LogP contribution in [0.2, 0.25) is 0 Å². The van der Waals surface area contributed by atoms with Crippen molar-refractivity contribution in [1.82, 2.24) is 15.5 Å². The molecule has 7 heteroatoms. The highest BCUT2D eigenvalue weighted by Crippen LogP contribution is 2.27. The third-order valence-electron chi connectivity index (χ3n) is 3.54. The van der Waals surface area contributed by atoms with E-state index in [-0.39, 0.29) is 11.2 Å². The van der Waals surface area contributed by atoms with Crippen molar-refractivity contribution in [2.45, 2.75) is 37.8 Å². The molecule has 130 valence electrons. The van der Waals surface area contributed by atoms with Crippen molar-refractivity contribution >= 4 is 29.0 Å². The molecule has 2 aromatic heterocycles. The molecule has 5 nitrogen and oxygen atoms in total. The molecule has 1 atom stereocenters. The molecule has 0 aliphatic heterocycles. The number of nitrogens with one attached hydrogen (secondary N) is 1. The summed E-state index contributed by atoms with van der Waals surface area (Å²) in [6.07, 6.45) is 0. The zero-order valence-corrected chi connectivity index (χ0v) is 15.9. The fraction of sp³-hybridized carbons (Fsp3) is 0.278. The first-order valence-corrected chi connectivity index (χ1v) is 9.66. The second kappa shape index (κ2) is 7.84. The van der Waals surface area contributed by atoms with Gasteiger partial charge in [0.05, 0.1) is 11.8 Å². The van der Waals surface area contributed by atoms with Gasteiger partial charge in [-0.2, -0.15) is 0 Å². The van der Waals surface area contributed by atoms with Gasteiger partial charge in [0, 0.05) is 10.4 Å². The Morgan fingerprint density at radius 3 is 2.72 bits per heavy atom. The highest BCUT2D eigenvalue weighted by Gasteiger charge is 2.18. The molecule has 0 saturated heterocycles. The highest BCUT2D eigenvalue weighted by atomic mass is 32.2. The van der Waals surface area contributed by atoms with Crippen LogP contribution in [0.4, 0.5) is 0 Å². The SMILES string of the molecule is Cc1cc(C)cc(-c2nnc(S[C@H](C)C(=O)NCc3cccs3)o2)c1. The Labute approximate surface area is 154 Å². The molecule has 1 aromatic carbocycles. The number of thioether (sulfide) groups is 1. The Morgan fingerprint density at radius 1 is 1.28 bits per heavy atom. The summed E-state index contributed by atoms with van der Waals surface area (Å²) < 4.78 is 5.71. The molecule has 1 N–H and O–H groups in total. The molecule has 0 fully saturated rings. The summed E-state index contributed by atoms with van der Waals surface area (Å²) in [7, 11) is 0. The van der Waals surface area contributed by atoms with Crippen molar-refractivity contribution in [3.8, 4) is 11.5 Å². The molecule has 0 bridgehead atoms. The molecule has 0 aliphatic carbocycles. The van der Waals surface area contributed by atoms with Gasteiger partial charge in [-0.1, -0.05) is 35.0 Å². The fourth-order valence-corrected chi connectivity index (χ4v) is 3.76. The quantitative estimate of drug-likeness (QED) is 0.656. The lowest BCUT2D eigenvalue weighted by Crippen LogP contribution is -2.30. The number of carbonyl (C=O) groups excluding carboxylic acids is 1. The van der Waals surface area contributed by atoms with Crippen LogP contribution in [0.15, 0.2) is 45.4 Å². The van der Waals surface area contributed by atoms with E-state index in [2.05, 4.69) is 21.6 Å². The average Bonchev–Trinajstić information content (AvgIpc) is 3.23. The third-order valence-corrected chi connectivity index (χ3v) is 5.35. The van der Waals surface area contributed by atoms with E-state index in [1.807, 2.05) is 50.4 Å². The molecule has 0 unspecified atom stereocenters. The summed E-state index contributed by atoms with van der Waals surface area (Å²) in [6, 6.07) is 10.1. The van der Waals surface area contributed by atoms with Crippen LogP contribution in [0.1, 0.15) is 22.9 Å². The highest BCUT2D eigenvalue weighted by molar-refractivity contribution is 8.00. The second-order valence-electron chi connectivity index (χ2n) is 5.81. The van der Waals surface area contributed by atoms with Gasteiger partial charge >= 0.3 is 0 Å². The van der Waals surface area contributed by atoms with Gasteiger partial charge < -0.3 is 9.73 Å². The Bertz CT molecular complexity index is 839. The van der Waals surface area contributed by atoms with E-state index in [0.29, 0.717) is 17.7 Å². The van der Waals surface area contributed by atoms with Crippen LogP contribution in [0.3, 0.4) is 0 Å². The summed E-state index contributed by atoms with van der Waals surface area (Å²) >= 11 is 2.89. The molecule has 1 amide bonds. The molecule has 2 heterocycles. The van der Waals surface area contributed by atoms with Gasteiger partial charge in [0.15, 0.2) is 0 Å². The van der Waals surface area contributed by atoms with Gasteiger partial charge in [-0.15, -0.1) is 21.5 Å². The normalized spacial score (nSPS) is 12.1. The number of thiophene rings is 1. The number of nitrogens with zero attached hydrogens (tertiary/aromatic N) is 2. The summed E-state index contributed by atoms with van der Waals surface area (Å²) in [4.78, 5) is 13.3. The Balaban J connectivity index is 1.61. The summed E-state index contributed by atoms with van der Waals surface area (Å²) in [5.74, 6) is 0.421. The van der Waals surface area contributed by atoms with Crippen LogP contribution < -0.4 is 5.32 Å². The smallest absolute Gasteiger partial charge is 0.277 e. The lowest BCUT2D eigenvalue weighted by molar-refractivity contribution is -0.120. The van der Waals surface area contributed by atoms with Crippen LogP contribution in [-0.2, 0) is 11.3 Å². The zero-order valence-electron chi connectivity index (χ0n) is 14.3. The first kappa shape index (κ1) is 17.7. The number of rotatable bonds is 6. The molecule has 0 radical (unpaired) electrons. The zero-order chi connectivity index (χ0) is 17.8. The van der Waals surface area contributed by atoms with Crippen molar-refractivity contribution in [1.29, 1.82) is 0 Å². The number of hydrogen-bond donors (Lipinski definition) is 1. The van der Waals surface area contributed by atoms with E-state index in [4.69, 9.17) is 4.42 Å². The minimum absolute atomic E-state index is 0.0513. The predicted molar refractivity (Wildman–Crippen MR) is 101 cm³/mol. The van der Waals surface area contributed by atoms with Crippen molar-refractivity contribution < 1.29 is 9.21 Å². The molecule has 0 spiro atoms. The number of aromatic nitrogens is 2. The number of hydrogen-bond acceptors (Lipinski definition) is 6. The van der Waals surface area contributed by atoms with Crippen molar-refractivity contribution in [3.63, 3.8) is 0 Å². The predicted octanol–water partition coefficient (Wildman–Crippen LogP) is 4.21. The van der Waals surface area contributed by atoms with E-state index in [1.54, 1.807) is 11.3 Å². The monoisotopic (exact) mass is 373 g/mol. The standard InChI is InChI=1S/C18H19N3O2S2/c1-11-7-12(2)9-14(8-11)17-20-21-18(23-17)25-13(3)16(22)19-10-15-5-4-6-24-15/h4-9,13H,10H2,1-3H3,(H,19,22)/t13-/m1/s1. The average molecular weight is 374 g/mol. The molecule has 25 heavy (non-hydrogen) atoms. The van der Waals surface area contributed by atoms with Crippen LogP contribution in [0.25, 0.3) is 11.5 Å². The maximum absolute atomic E-state index is 12.2. The minimum atomic E-state index is -0.312. The van der Waals surface area contributed by atoms with Gasteiger partial charge in [-0.3, -0.25) is 4.79 Å². The van der Waals surface area contributed by atoms with Gasteiger partial charge in [0.1, 0.15) is 0 Å². The van der Waals surface area contributed by atoms with Gasteiger partial charge in [-0.05, 0) is 44.4 Å². The van der Waals surface area contributed by atoms with Crippen molar-refractivity contribution in [2.75, 3.05) is 0 Å². The summed E-state index contributed by atoms with van der Waals surface area (Å²) in [5, 5.41) is 13.1. The first-order valence-electron chi connectivity index (χ1n) is 7.90. The lowest BCUT2D eigenvalue weighted by atomic mass is 10.1. The number of aryl methyl sites for hydroxylation is 2. The van der Waals surface area contributed by atoms with Crippen molar-refractivity contribution in [2.24, 2.45) is 0 Å². The molecule has 3 rings (SSSR count). The number of benzene rings is 1. The lowest BCUT2D eigenvalue weighted by Gasteiger charge is -2.08. The van der Waals surface area contributed by atoms with Crippen molar-refractivity contribution in [3.05, 3.63) is 51.7 Å². The molecular formula is C18H19N3O2S2. The van der Waals surface area contributed by atoms with Gasteiger partial charge in [0.2, 0.25) is 11.8 Å². The van der Waals surface area contributed by atoms with Gasteiger partial charge in [0.25, 0.3) is 5.22 Å². The maximum atomic E-state index is 12.2. The molecular weight excluding hydrogens is 354 g/mol. The number of carbonyl (C=O) groups is 1. The van der Waals surface area contributed by atoms with E-state index >= 15 is 0 Å². The van der Waals surface area contributed by atoms with E-state index in [0.717, 1.165) is 21.6 Å². The Morgan fingerprint density at radius 2 is 2.04 bits per heavy atom. The van der Waals surface area contributed by atoms with E-state index in [9.17, 15) is 4.79 Å². The first-order chi connectivity index (χ1) is 12.0. The van der Waals surface area contributed by atoms with Crippen LogP contribution in [0.5, 0.6) is 0 Å². The van der Waals surface area contributed by atoms with E-state index < -0.39 is 0 Å². The number of amides is 1. The third kappa shape index (κ3) is 4.70. The minimum Gasteiger partial charge on any atom is -0.411 e. The van der Waals surface area contributed by atoms with Gasteiger partial charge in [-0.25, -0.2) is 0 Å². The Kier molecular flexibility index (Phi) is 5.55. The van der Waals surface area contributed by atoms with E-state index in [1.165, 1.54) is 11.8 Å². The largest absolute Gasteiger partial charge is 0.411 e. The molecule has 0 saturated carbocycles.